The van der Waals surface area contributed by atoms with Crippen LogP contribution in [0.4, 0.5) is 10.5 Å². The van der Waals surface area contributed by atoms with Crippen molar-refractivity contribution in [2.24, 2.45) is 0 Å². The summed E-state index contributed by atoms with van der Waals surface area (Å²) in [5.41, 5.74) is 1.44. The number of barbiturate groups is 1. The number of carboxylic acid groups (broad SMARTS) is 1. The number of carbonyl (C=O) groups excluding carboxylic acids is 3. The lowest BCUT2D eigenvalue weighted by Gasteiger charge is -2.26. The number of carbonyl (C=O) groups is 4. The summed E-state index contributed by atoms with van der Waals surface area (Å²) in [6, 6.07) is 18.3. The van der Waals surface area contributed by atoms with Crippen LogP contribution in [0.25, 0.3) is 6.08 Å². The zero-order valence-electron chi connectivity index (χ0n) is 17.5. The van der Waals surface area contributed by atoms with Crippen LogP contribution < -0.4 is 15.0 Å². The molecule has 34 heavy (non-hydrogen) atoms. The first-order valence-electron chi connectivity index (χ1n) is 10.0. The first-order valence-corrected chi connectivity index (χ1v) is 10.4. The second kappa shape index (κ2) is 9.60. The molecule has 1 aliphatic rings. The third-order valence-electron chi connectivity index (χ3n) is 4.94. The molecule has 8 nitrogen and oxygen atoms in total. The van der Waals surface area contributed by atoms with Crippen LogP contribution in [0.1, 0.15) is 21.5 Å². The lowest BCUT2D eigenvalue weighted by molar-refractivity contribution is -0.122. The predicted octanol–water partition coefficient (Wildman–Crippen LogP) is 4.28. The maximum absolute atomic E-state index is 12.9. The number of halogens is 1. The number of hydrogen-bond acceptors (Lipinski definition) is 5. The number of amides is 4. The maximum atomic E-state index is 12.9. The molecule has 4 rings (SSSR count). The van der Waals surface area contributed by atoms with Crippen molar-refractivity contribution < 1.29 is 29.0 Å². The third kappa shape index (κ3) is 4.97. The zero-order valence-corrected chi connectivity index (χ0v) is 18.3. The van der Waals surface area contributed by atoms with E-state index in [1.165, 1.54) is 30.3 Å². The highest BCUT2D eigenvalue weighted by atomic mass is 35.5. The fourth-order valence-electron chi connectivity index (χ4n) is 3.29. The largest absolute Gasteiger partial charge is 0.489 e. The molecule has 3 aromatic rings. The van der Waals surface area contributed by atoms with Crippen molar-refractivity contribution in [1.82, 2.24) is 5.32 Å². The summed E-state index contributed by atoms with van der Waals surface area (Å²) in [5.74, 6) is -2.07. The summed E-state index contributed by atoms with van der Waals surface area (Å²) in [6.45, 7) is 0.166. The third-order valence-corrected chi connectivity index (χ3v) is 5.17. The molecule has 0 spiro atoms. The van der Waals surface area contributed by atoms with Gasteiger partial charge in [-0.05, 0) is 59.7 Å². The predicted molar refractivity (Wildman–Crippen MR) is 125 cm³/mol. The molecule has 1 saturated heterocycles. The van der Waals surface area contributed by atoms with Gasteiger partial charge in [-0.3, -0.25) is 14.9 Å². The lowest BCUT2D eigenvalue weighted by Crippen LogP contribution is -2.54. The molecular weight excluding hydrogens is 460 g/mol. The molecule has 0 saturated carbocycles. The van der Waals surface area contributed by atoms with Crippen molar-refractivity contribution in [2.75, 3.05) is 4.90 Å². The van der Waals surface area contributed by atoms with E-state index in [1.54, 1.807) is 48.5 Å². The molecule has 170 valence electrons. The second-order valence-corrected chi connectivity index (χ2v) is 7.74. The smallest absolute Gasteiger partial charge is 0.335 e. The Morgan fingerprint density at radius 2 is 1.74 bits per heavy atom. The summed E-state index contributed by atoms with van der Waals surface area (Å²) in [4.78, 5) is 49.5. The number of nitrogens with one attached hydrogen (secondary N) is 1. The van der Waals surface area contributed by atoms with E-state index in [2.05, 4.69) is 5.32 Å². The van der Waals surface area contributed by atoms with E-state index < -0.39 is 23.8 Å². The van der Waals surface area contributed by atoms with Crippen molar-refractivity contribution in [2.45, 2.75) is 6.61 Å². The molecule has 3 aromatic carbocycles. The van der Waals surface area contributed by atoms with Crippen molar-refractivity contribution in [3.63, 3.8) is 0 Å². The van der Waals surface area contributed by atoms with E-state index >= 15 is 0 Å². The number of aromatic carboxylic acids is 1. The van der Waals surface area contributed by atoms with Crippen LogP contribution in [0, 0.1) is 0 Å². The minimum Gasteiger partial charge on any atom is -0.489 e. The molecule has 0 aliphatic carbocycles. The number of anilines is 1. The molecule has 4 amide bonds. The summed E-state index contributed by atoms with van der Waals surface area (Å²) in [7, 11) is 0. The van der Waals surface area contributed by atoms with Gasteiger partial charge in [0.15, 0.2) is 0 Å². The van der Waals surface area contributed by atoms with Gasteiger partial charge < -0.3 is 9.84 Å². The number of urea groups is 1. The molecule has 0 unspecified atom stereocenters. The van der Waals surface area contributed by atoms with Crippen LogP contribution in [-0.2, 0) is 16.2 Å². The monoisotopic (exact) mass is 476 g/mol. The Morgan fingerprint density at radius 1 is 1.00 bits per heavy atom. The highest BCUT2D eigenvalue weighted by Gasteiger charge is 2.36. The van der Waals surface area contributed by atoms with Gasteiger partial charge in [0.1, 0.15) is 17.9 Å². The van der Waals surface area contributed by atoms with Crippen LogP contribution >= 0.6 is 11.6 Å². The second-order valence-electron chi connectivity index (χ2n) is 7.30. The summed E-state index contributed by atoms with van der Waals surface area (Å²) in [6.07, 6.45) is 1.38. The van der Waals surface area contributed by atoms with Crippen molar-refractivity contribution >= 4 is 47.2 Å². The molecular formula is C25H17ClN2O6. The van der Waals surface area contributed by atoms with E-state index in [1.807, 2.05) is 0 Å². The Balaban J connectivity index is 1.50. The highest BCUT2D eigenvalue weighted by molar-refractivity contribution is 6.39. The number of imide groups is 2. The first-order chi connectivity index (χ1) is 16.3. The zero-order chi connectivity index (χ0) is 24.2. The van der Waals surface area contributed by atoms with Crippen LogP contribution in [0.3, 0.4) is 0 Å². The van der Waals surface area contributed by atoms with Crippen LogP contribution in [0.2, 0.25) is 5.02 Å². The van der Waals surface area contributed by atoms with Crippen LogP contribution in [-0.4, -0.2) is 28.9 Å². The molecule has 1 aliphatic heterocycles. The highest BCUT2D eigenvalue weighted by Crippen LogP contribution is 2.25. The Labute approximate surface area is 199 Å². The average Bonchev–Trinajstić information content (AvgIpc) is 2.81. The van der Waals surface area contributed by atoms with E-state index in [0.717, 1.165) is 4.90 Å². The minimum absolute atomic E-state index is 0.166. The maximum Gasteiger partial charge on any atom is 0.335 e. The Hall–Kier alpha value is -4.43. The minimum atomic E-state index is -1.02. The molecule has 0 bridgehead atoms. The van der Waals surface area contributed by atoms with Gasteiger partial charge in [0, 0.05) is 5.02 Å². The summed E-state index contributed by atoms with van der Waals surface area (Å²) >= 11 is 5.97. The molecule has 0 aromatic heterocycles. The standard InChI is InChI=1S/C25H17ClN2O6/c26-18-5-2-6-19(13-18)28-23(30)21(22(29)27-25(28)33)12-15-7-9-20(10-8-15)34-14-16-3-1-4-17(11-16)24(31)32/h1-13H,14H2,(H,31,32)(H,27,29,33)/b21-12+. The number of nitrogens with zero attached hydrogens (tertiary/aromatic N) is 1. The molecule has 1 fully saturated rings. The molecule has 0 atom stereocenters. The lowest BCUT2D eigenvalue weighted by atomic mass is 10.1. The van der Waals surface area contributed by atoms with Crippen molar-refractivity contribution in [1.29, 1.82) is 0 Å². The fourth-order valence-corrected chi connectivity index (χ4v) is 3.48. The van der Waals surface area contributed by atoms with Gasteiger partial charge >= 0.3 is 12.0 Å². The first kappa shape index (κ1) is 22.8. The number of carboxylic acids is 1. The van der Waals surface area contributed by atoms with Gasteiger partial charge in [-0.15, -0.1) is 0 Å². The van der Waals surface area contributed by atoms with Gasteiger partial charge in [-0.25, -0.2) is 14.5 Å². The quantitative estimate of drug-likeness (QED) is 0.405. The number of hydrogen-bond donors (Lipinski definition) is 2. The SMILES string of the molecule is O=C1NC(=O)N(c2cccc(Cl)c2)C(=O)/C1=C/c1ccc(OCc2cccc(C(=O)O)c2)cc1. The summed E-state index contributed by atoms with van der Waals surface area (Å²) in [5, 5.41) is 11.6. The average molecular weight is 477 g/mol. The normalized spacial score (nSPS) is 14.8. The number of rotatable bonds is 6. The fraction of sp³-hybridized carbons (Fsp3) is 0.0400. The number of benzene rings is 3. The van der Waals surface area contributed by atoms with Crippen LogP contribution in [0.15, 0.2) is 78.4 Å². The van der Waals surface area contributed by atoms with Gasteiger partial charge in [0.25, 0.3) is 11.8 Å². The molecule has 2 N–H and O–H groups in total. The number of ether oxygens (including phenoxy) is 1. The van der Waals surface area contributed by atoms with Crippen LogP contribution in [0.5, 0.6) is 5.75 Å². The topological polar surface area (TPSA) is 113 Å². The van der Waals surface area contributed by atoms with E-state index in [-0.39, 0.29) is 23.4 Å². The van der Waals surface area contributed by atoms with E-state index in [0.29, 0.717) is 21.9 Å². The summed E-state index contributed by atoms with van der Waals surface area (Å²) < 4.78 is 5.69. The molecule has 1 heterocycles. The van der Waals surface area contributed by atoms with Gasteiger partial charge in [-0.1, -0.05) is 41.9 Å². The van der Waals surface area contributed by atoms with E-state index in [4.69, 9.17) is 21.4 Å². The molecule has 0 radical (unpaired) electrons. The van der Waals surface area contributed by atoms with Crippen molar-refractivity contribution in [3.8, 4) is 5.75 Å². The van der Waals surface area contributed by atoms with Gasteiger partial charge in [0.2, 0.25) is 0 Å². The Morgan fingerprint density at radius 3 is 2.44 bits per heavy atom. The van der Waals surface area contributed by atoms with Crippen molar-refractivity contribution in [3.05, 3.63) is 100 Å². The molecule has 9 heteroatoms. The van der Waals surface area contributed by atoms with Gasteiger partial charge in [-0.2, -0.15) is 0 Å². The van der Waals surface area contributed by atoms with Gasteiger partial charge in [0.05, 0.1) is 11.3 Å². The van der Waals surface area contributed by atoms with E-state index in [9.17, 15) is 19.2 Å². The Bertz CT molecular complexity index is 1330. The Kier molecular flexibility index (Phi) is 6.42.